The largest absolute Gasteiger partial charge is 0.416 e. The van der Waals surface area contributed by atoms with Crippen LogP contribution in [-0.4, -0.2) is 65.9 Å². The molecule has 0 saturated carbocycles. The number of halogens is 3. The second-order valence-corrected chi connectivity index (χ2v) is 9.38. The van der Waals surface area contributed by atoms with Gasteiger partial charge in [-0.25, -0.2) is 14.7 Å². The zero-order valence-corrected chi connectivity index (χ0v) is 20.3. The molecule has 3 aromatic rings. The lowest BCUT2D eigenvalue weighted by Crippen LogP contribution is -2.48. The number of amides is 2. The van der Waals surface area contributed by atoms with E-state index in [0.29, 0.717) is 28.8 Å². The molecule has 1 heterocycles. The molecule has 9 nitrogen and oxygen atoms in total. The molecule has 0 aliphatic carbocycles. The molecule has 1 aromatic heterocycles. The number of quaternary nitrogens is 1. The number of aliphatic hydroxyl groups excluding tert-OH is 1. The van der Waals surface area contributed by atoms with Gasteiger partial charge in [-0.05, 0) is 18.2 Å². The van der Waals surface area contributed by atoms with Crippen LogP contribution in [0.4, 0.5) is 34.5 Å². The van der Waals surface area contributed by atoms with Crippen LogP contribution in [-0.2, 0) is 6.18 Å². The summed E-state index contributed by atoms with van der Waals surface area (Å²) in [6, 6.07) is 9.43. The van der Waals surface area contributed by atoms with E-state index in [9.17, 15) is 33.2 Å². The number of hydrogen-bond acceptors (Lipinski definition) is 6. The van der Waals surface area contributed by atoms with Crippen LogP contribution in [0.2, 0.25) is 0 Å². The average Bonchev–Trinajstić information content (AvgIpc) is 3.28. The number of alkyl halides is 3. The maximum Gasteiger partial charge on any atom is 0.416 e. The van der Waals surface area contributed by atoms with Crippen LogP contribution in [0, 0.1) is 10.1 Å². The highest BCUT2D eigenvalue weighted by Gasteiger charge is 2.32. The lowest BCUT2D eigenvalue weighted by molar-refractivity contribution is -0.889. The second kappa shape index (κ2) is 11.0. The number of carbonyl (C=O) groups is 1. The van der Waals surface area contributed by atoms with Crippen LogP contribution in [0.1, 0.15) is 5.56 Å². The molecule has 0 aliphatic heterocycles. The quantitative estimate of drug-likeness (QED) is 0.241. The predicted octanol–water partition coefficient (Wildman–Crippen LogP) is 4.65. The molecular formula is C23H25F3N5O4S+. The SMILES string of the molecule is C[N+](C)(CCO)CCNC(=O)N(c1cccc(C(F)(F)F)c1)c1nc(-c2cccc([N+](=O)[O-])c2)cs1. The summed E-state index contributed by atoms with van der Waals surface area (Å²) in [5.74, 6) is 0. The van der Waals surface area contributed by atoms with E-state index in [-0.39, 0.29) is 29.7 Å². The Morgan fingerprint density at radius 2 is 1.92 bits per heavy atom. The Labute approximate surface area is 209 Å². The van der Waals surface area contributed by atoms with Crippen molar-refractivity contribution in [1.29, 1.82) is 0 Å². The second-order valence-electron chi connectivity index (χ2n) is 8.54. The minimum atomic E-state index is -4.61. The highest BCUT2D eigenvalue weighted by molar-refractivity contribution is 7.14. The van der Waals surface area contributed by atoms with Crippen LogP contribution in [0.15, 0.2) is 53.9 Å². The van der Waals surface area contributed by atoms with E-state index in [1.54, 1.807) is 11.4 Å². The number of nitrogens with zero attached hydrogens (tertiary/aromatic N) is 4. The number of nitro benzene ring substituents is 1. The topological polar surface area (TPSA) is 109 Å². The van der Waals surface area contributed by atoms with Gasteiger partial charge in [0.2, 0.25) is 0 Å². The summed E-state index contributed by atoms with van der Waals surface area (Å²) in [6.45, 7) is 1.10. The van der Waals surface area contributed by atoms with Crippen LogP contribution in [0.25, 0.3) is 11.3 Å². The number of anilines is 2. The third-order valence-corrected chi connectivity index (χ3v) is 6.20. The van der Waals surface area contributed by atoms with Crippen molar-refractivity contribution in [3.63, 3.8) is 0 Å². The minimum Gasteiger partial charge on any atom is -0.391 e. The van der Waals surface area contributed by atoms with Crippen molar-refractivity contribution < 1.29 is 32.5 Å². The van der Waals surface area contributed by atoms with Gasteiger partial charge in [0.05, 0.1) is 55.7 Å². The summed E-state index contributed by atoms with van der Waals surface area (Å²) in [5, 5.41) is 24.7. The van der Waals surface area contributed by atoms with E-state index in [4.69, 9.17) is 0 Å². The summed E-state index contributed by atoms with van der Waals surface area (Å²) in [4.78, 5) is 29.2. The van der Waals surface area contributed by atoms with Crippen molar-refractivity contribution in [2.75, 3.05) is 45.2 Å². The number of non-ortho nitro benzene ring substituents is 1. The van der Waals surface area contributed by atoms with Gasteiger partial charge in [-0.15, -0.1) is 11.3 Å². The molecule has 2 aromatic carbocycles. The van der Waals surface area contributed by atoms with E-state index in [2.05, 4.69) is 10.3 Å². The zero-order valence-electron chi connectivity index (χ0n) is 19.5. The minimum absolute atomic E-state index is 0.0309. The van der Waals surface area contributed by atoms with Gasteiger partial charge in [-0.3, -0.25) is 10.1 Å². The van der Waals surface area contributed by atoms with E-state index in [1.165, 1.54) is 30.3 Å². The molecule has 2 N–H and O–H groups in total. The molecule has 0 bridgehead atoms. The highest BCUT2D eigenvalue weighted by Crippen LogP contribution is 2.36. The number of thiazole rings is 1. The third-order valence-electron chi connectivity index (χ3n) is 5.37. The summed E-state index contributed by atoms with van der Waals surface area (Å²) in [7, 11) is 3.75. The Kier molecular flexibility index (Phi) is 8.28. The molecule has 0 atom stereocenters. The number of hydrogen-bond donors (Lipinski definition) is 2. The van der Waals surface area contributed by atoms with Crippen molar-refractivity contribution >= 4 is 33.9 Å². The van der Waals surface area contributed by atoms with Gasteiger partial charge >= 0.3 is 12.2 Å². The fourth-order valence-corrected chi connectivity index (χ4v) is 4.19. The first-order chi connectivity index (χ1) is 16.9. The first-order valence-corrected chi connectivity index (χ1v) is 11.7. The van der Waals surface area contributed by atoms with Crippen molar-refractivity contribution in [3.05, 3.63) is 69.6 Å². The summed E-state index contributed by atoms with van der Waals surface area (Å²) >= 11 is 1.02. The van der Waals surface area contributed by atoms with Crippen LogP contribution in [0.3, 0.4) is 0 Å². The molecule has 3 rings (SSSR count). The number of carbonyl (C=O) groups excluding carboxylic acids is 1. The first kappa shape index (κ1) is 27.0. The molecule has 0 fully saturated rings. The number of aliphatic hydroxyl groups is 1. The van der Waals surface area contributed by atoms with Gasteiger partial charge in [0.25, 0.3) is 5.69 Å². The van der Waals surface area contributed by atoms with Crippen LogP contribution >= 0.6 is 11.3 Å². The van der Waals surface area contributed by atoms with Crippen LogP contribution < -0.4 is 10.2 Å². The summed E-state index contributed by atoms with van der Waals surface area (Å²) in [5.41, 5.74) is -0.332. The number of urea groups is 1. The molecule has 0 spiro atoms. The first-order valence-electron chi connectivity index (χ1n) is 10.8. The normalized spacial score (nSPS) is 11.8. The highest BCUT2D eigenvalue weighted by atomic mass is 32.1. The number of rotatable bonds is 9. The fourth-order valence-electron chi connectivity index (χ4n) is 3.34. The molecule has 0 saturated heterocycles. The zero-order chi connectivity index (χ0) is 26.5. The molecule has 36 heavy (non-hydrogen) atoms. The standard InChI is InChI=1S/C23H24F3N5O4S/c1-31(2,11-12-32)10-9-27-21(33)29(18-7-4-6-17(14-18)23(24,25)26)22-28-20(15-36-22)16-5-3-8-19(13-16)30(34)35/h3-8,13-15,32H,9-12H2,1-2H3/p+1. The van der Waals surface area contributed by atoms with E-state index >= 15 is 0 Å². The summed E-state index contributed by atoms with van der Waals surface area (Å²) in [6.07, 6.45) is -4.61. The number of aromatic nitrogens is 1. The van der Waals surface area contributed by atoms with E-state index in [1.807, 2.05) is 14.1 Å². The molecule has 192 valence electrons. The Morgan fingerprint density at radius 1 is 1.19 bits per heavy atom. The van der Waals surface area contributed by atoms with Gasteiger partial charge in [-0.1, -0.05) is 18.2 Å². The number of nitro groups is 1. The van der Waals surface area contributed by atoms with Gasteiger partial charge in [-0.2, -0.15) is 13.2 Å². The lowest BCUT2D eigenvalue weighted by Gasteiger charge is -2.29. The predicted molar refractivity (Wildman–Crippen MR) is 130 cm³/mol. The molecule has 2 amide bonds. The Balaban J connectivity index is 1.95. The van der Waals surface area contributed by atoms with Crippen molar-refractivity contribution in [2.24, 2.45) is 0 Å². The van der Waals surface area contributed by atoms with Crippen molar-refractivity contribution in [1.82, 2.24) is 10.3 Å². The van der Waals surface area contributed by atoms with Gasteiger partial charge < -0.3 is 14.9 Å². The smallest absolute Gasteiger partial charge is 0.391 e. The molecule has 0 radical (unpaired) electrons. The average molecular weight is 525 g/mol. The van der Waals surface area contributed by atoms with Crippen molar-refractivity contribution in [2.45, 2.75) is 6.18 Å². The molecule has 0 unspecified atom stereocenters. The maximum atomic E-state index is 13.4. The lowest BCUT2D eigenvalue weighted by atomic mass is 10.1. The number of benzene rings is 2. The maximum absolute atomic E-state index is 13.4. The fraction of sp³-hybridized carbons (Fsp3) is 0.304. The van der Waals surface area contributed by atoms with Gasteiger partial charge in [0.1, 0.15) is 6.54 Å². The number of nitrogens with one attached hydrogen (secondary N) is 1. The van der Waals surface area contributed by atoms with Crippen molar-refractivity contribution in [3.8, 4) is 11.3 Å². The van der Waals surface area contributed by atoms with Crippen LogP contribution in [0.5, 0.6) is 0 Å². The Hall–Kier alpha value is -3.55. The molecular weight excluding hydrogens is 499 g/mol. The van der Waals surface area contributed by atoms with E-state index < -0.39 is 22.7 Å². The van der Waals surface area contributed by atoms with E-state index in [0.717, 1.165) is 28.4 Å². The van der Waals surface area contributed by atoms with Gasteiger partial charge in [0, 0.05) is 23.1 Å². The van der Waals surface area contributed by atoms with Gasteiger partial charge in [0.15, 0.2) is 5.13 Å². The monoisotopic (exact) mass is 524 g/mol. The molecule has 0 aliphatic rings. The summed E-state index contributed by atoms with van der Waals surface area (Å²) < 4.78 is 40.5. The Morgan fingerprint density at radius 3 is 2.58 bits per heavy atom. The Bertz CT molecular complexity index is 1230. The number of likely N-dealkylation sites (N-methyl/N-ethyl adjacent to an activating group) is 1. The third kappa shape index (κ3) is 6.77. The molecule has 13 heteroatoms.